The number of likely N-dealkylation sites (tertiary alicyclic amines) is 1. The molecule has 0 unspecified atom stereocenters. The average Bonchev–Trinajstić information content (AvgIpc) is 3.41. The Hall–Kier alpha value is -4.21. The van der Waals surface area contributed by atoms with E-state index in [0.29, 0.717) is 71.1 Å². The van der Waals surface area contributed by atoms with E-state index in [9.17, 15) is 19.5 Å². The zero-order chi connectivity index (χ0) is 28.0. The van der Waals surface area contributed by atoms with Crippen LogP contribution in [0.3, 0.4) is 0 Å². The van der Waals surface area contributed by atoms with E-state index in [-0.39, 0.29) is 23.5 Å². The van der Waals surface area contributed by atoms with Crippen molar-refractivity contribution in [1.29, 1.82) is 0 Å². The molecule has 10 heteroatoms. The maximum atomic E-state index is 14.0. The Morgan fingerprint density at radius 1 is 1.00 bits per heavy atom. The Bertz CT molecular complexity index is 1320. The van der Waals surface area contributed by atoms with E-state index in [4.69, 9.17) is 0 Å². The molecule has 3 heterocycles. The number of aromatic nitrogens is 3. The maximum Gasteiger partial charge on any atom is 0.242 e. The normalized spacial score (nSPS) is 19.6. The molecular weight excluding hydrogens is 508 g/mol. The smallest absolute Gasteiger partial charge is 0.242 e. The van der Waals surface area contributed by atoms with Crippen molar-refractivity contribution >= 4 is 17.7 Å². The maximum absolute atomic E-state index is 14.0. The molecule has 3 aromatic rings. The van der Waals surface area contributed by atoms with Gasteiger partial charge in [-0.05, 0) is 48.9 Å². The third kappa shape index (κ3) is 6.67. The van der Waals surface area contributed by atoms with Crippen molar-refractivity contribution in [2.45, 2.75) is 57.5 Å². The molecule has 210 valence electrons. The van der Waals surface area contributed by atoms with Crippen LogP contribution >= 0.6 is 0 Å². The number of hydrogen-bond donors (Lipinski definition) is 3. The molecule has 0 radical (unpaired) electrons. The van der Waals surface area contributed by atoms with E-state index < -0.39 is 11.5 Å². The fourth-order valence-electron chi connectivity index (χ4n) is 5.56. The molecule has 3 N–H and O–H groups in total. The van der Waals surface area contributed by atoms with Gasteiger partial charge in [-0.3, -0.25) is 19.1 Å². The highest BCUT2D eigenvalue weighted by atomic mass is 16.3. The van der Waals surface area contributed by atoms with Gasteiger partial charge in [-0.15, -0.1) is 5.10 Å². The van der Waals surface area contributed by atoms with Crippen molar-refractivity contribution in [1.82, 2.24) is 30.5 Å². The number of aryl methyl sites for hydroxylation is 2. The van der Waals surface area contributed by atoms with E-state index in [0.717, 1.165) is 16.8 Å². The zero-order valence-electron chi connectivity index (χ0n) is 22.6. The van der Waals surface area contributed by atoms with Crippen LogP contribution in [-0.2, 0) is 40.2 Å². The predicted octanol–water partition coefficient (Wildman–Crippen LogP) is 2.02. The Kier molecular flexibility index (Phi) is 8.42. The summed E-state index contributed by atoms with van der Waals surface area (Å²) in [4.78, 5) is 42.0. The molecular formula is C30H36N6O4. The number of phenols is 1. The first kappa shape index (κ1) is 27.4. The number of nitrogens with one attached hydrogen (secondary N) is 2. The van der Waals surface area contributed by atoms with Crippen LogP contribution in [-0.4, -0.2) is 68.4 Å². The number of aromatic hydroxyl groups is 1. The lowest BCUT2D eigenvalue weighted by molar-refractivity contribution is -0.142. The molecule has 1 fully saturated rings. The second-order valence-electron chi connectivity index (χ2n) is 10.8. The summed E-state index contributed by atoms with van der Waals surface area (Å²) < 4.78 is 1.76. The molecule has 0 saturated carbocycles. The van der Waals surface area contributed by atoms with Crippen LogP contribution in [0.5, 0.6) is 5.75 Å². The number of nitrogens with zero attached hydrogens (tertiary/aromatic N) is 4. The molecule has 2 aromatic carbocycles. The van der Waals surface area contributed by atoms with Crippen LogP contribution in [0.4, 0.5) is 0 Å². The number of hydrogen-bond acceptors (Lipinski definition) is 6. The van der Waals surface area contributed by atoms with Gasteiger partial charge in [0, 0.05) is 51.6 Å². The number of rotatable bonds is 5. The van der Waals surface area contributed by atoms with Crippen LogP contribution in [0.1, 0.15) is 42.5 Å². The van der Waals surface area contributed by atoms with Gasteiger partial charge in [-0.1, -0.05) is 47.7 Å². The standard InChI is InChI=1S/C30H36N6O4/c37-25-10-7-22(8-11-25)9-12-27(38)35-17-13-30(14-18-35)20-24-21-36(34-33-24)16-4-15-31-28(39)26(32-29(30)40)19-23-5-2-1-3-6-23/h1-3,5-8,10-11,21,26,37H,4,9,12-20H2,(H,31,39)(H,32,40)/t26-/m0/s1. The van der Waals surface area contributed by atoms with Crippen LogP contribution in [0.25, 0.3) is 0 Å². The average molecular weight is 545 g/mol. The van der Waals surface area contributed by atoms with Crippen molar-refractivity contribution in [3.8, 4) is 5.75 Å². The first-order chi connectivity index (χ1) is 19.4. The van der Waals surface area contributed by atoms with E-state index in [1.807, 2.05) is 53.6 Å². The monoisotopic (exact) mass is 544 g/mol. The summed E-state index contributed by atoms with van der Waals surface area (Å²) in [6.45, 7) is 1.99. The fourth-order valence-corrected chi connectivity index (χ4v) is 5.56. The molecule has 2 aliphatic rings. The topological polar surface area (TPSA) is 129 Å². The number of piperidine rings is 1. The minimum absolute atomic E-state index is 0.0419. The lowest BCUT2D eigenvalue weighted by Gasteiger charge is -2.41. The second-order valence-corrected chi connectivity index (χ2v) is 10.8. The lowest BCUT2D eigenvalue weighted by Crippen LogP contribution is -2.56. The van der Waals surface area contributed by atoms with Crippen molar-refractivity contribution in [2.24, 2.45) is 5.41 Å². The Morgan fingerprint density at radius 3 is 2.50 bits per heavy atom. The highest BCUT2D eigenvalue weighted by Crippen LogP contribution is 2.36. The van der Waals surface area contributed by atoms with E-state index in [1.54, 1.807) is 16.8 Å². The van der Waals surface area contributed by atoms with Crippen LogP contribution in [0.15, 0.2) is 60.8 Å². The molecule has 10 nitrogen and oxygen atoms in total. The molecule has 1 aromatic heterocycles. The first-order valence-electron chi connectivity index (χ1n) is 14.0. The fraction of sp³-hybridized carbons (Fsp3) is 0.433. The Balaban J connectivity index is 1.31. The number of fused-ring (bicyclic) bond motifs is 2. The molecule has 1 atom stereocenters. The highest BCUT2D eigenvalue weighted by molar-refractivity contribution is 5.90. The van der Waals surface area contributed by atoms with Gasteiger partial charge in [0.15, 0.2) is 0 Å². The lowest BCUT2D eigenvalue weighted by atomic mass is 9.73. The molecule has 0 aliphatic carbocycles. The first-order valence-corrected chi connectivity index (χ1v) is 14.0. The summed E-state index contributed by atoms with van der Waals surface area (Å²) in [7, 11) is 0. The molecule has 3 amide bonds. The molecule has 1 spiro atoms. The predicted molar refractivity (Wildman–Crippen MR) is 148 cm³/mol. The summed E-state index contributed by atoms with van der Waals surface area (Å²) in [6.07, 6.45) is 5.25. The Morgan fingerprint density at radius 2 is 1.75 bits per heavy atom. The number of benzene rings is 2. The van der Waals surface area contributed by atoms with Gasteiger partial charge in [-0.2, -0.15) is 0 Å². The third-order valence-corrected chi connectivity index (χ3v) is 7.99. The molecule has 5 rings (SSSR count). The summed E-state index contributed by atoms with van der Waals surface area (Å²) >= 11 is 0. The highest BCUT2D eigenvalue weighted by Gasteiger charge is 2.44. The number of phenolic OH excluding ortho intramolecular Hbond substituents is 1. The Labute approximate surface area is 233 Å². The number of carbonyl (C=O) groups excluding carboxylic acids is 3. The van der Waals surface area contributed by atoms with Gasteiger partial charge in [-0.25, -0.2) is 0 Å². The van der Waals surface area contributed by atoms with Gasteiger partial charge < -0.3 is 20.6 Å². The van der Waals surface area contributed by atoms with Gasteiger partial charge >= 0.3 is 0 Å². The van der Waals surface area contributed by atoms with E-state index >= 15 is 0 Å². The van der Waals surface area contributed by atoms with Crippen molar-refractivity contribution in [2.75, 3.05) is 19.6 Å². The van der Waals surface area contributed by atoms with E-state index in [1.165, 1.54) is 0 Å². The van der Waals surface area contributed by atoms with Crippen LogP contribution < -0.4 is 10.6 Å². The summed E-state index contributed by atoms with van der Waals surface area (Å²) in [6, 6.07) is 15.9. The van der Waals surface area contributed by atoms with Crippen molar-refractivity contribution in [3.05, 3.63) is 77.6 Å². The van der Waals surface area contributed by atoms with Crippen molar-refractivity contribution < 1.29 is 19.5 Å². The molecule has 2 aliphatic heterocycles. The second kappa shape index (κ2) is 12.3. The minimum atomic E-state index is -0.808. The zero-order valence-corrected chi connectivity index (χ0v) is 22.6. The molecule has 2 bridgehead atoms. The van der Waals surface area contributed by atoms with Crippen molar-refractivity contribution in [3.63, 3.8) is 0 Å². The molecule has 40 heavy (non-hydrogen) atoms. The van der Waals surface area contributed by atoms with Gasteiger partial charge in [0.25, 0.3) is 0 Å². The van der Waals surface area contributed by atoms with Gasteiger partial charge in [0.05, 0.1) is 11.1 Å². The third-order valence-electron chi connectivity index (χ3n) is 7.99. The largest absolute Gasteiger partial charge is 0.508 e. The minimum Gasteiger partial charge on any atom is -0.508 e. The van der Waals surface area contributed by atoms with Crippen LogP contribution in [0, 0.1) is 5.41 Å². The number of carbonyl (C=O) groups is 3. The summed E-state index contributed by atoms with van der Waals surface area (Å²) in [5, 5.41) is 24.1. The summed E-state index contributed by atoms with van der Waals surface area (Å²) in [5.74, 6) is -0.147. The van der Waals surface area contributed by atoms with Crippen LogP contribution in [0.2, 0.25) is 0 Å². The quantitative estimate of drug-likeness (QED) is 0.451. The van der Waals surface area contributed by atoms with Gasteiger partial charge in [0.2, 0.25) is 17.7 Å². The van der Waals surface area contributed by atoms with Gasteiger partial charge in [0.1, 0.15) is 11.8 Å². The summed E-state index contributed by atoms with van der Waals surface area (Å²) in [5.41, 5.74) is 1.88. The number of amides is 3. The SMILES string of the molecule is O=C1NCCCn2cc(nn2)CC2(CCN(C(=O)CCc3ccc(O)cc3)CC2)C(=O)N[C@H]1Cc1ccccc1. The van der Waals surface area contributed by atoms with E-state index in [2.05, 4.69) is 20.9 Å². The molecule has 1 saturated heterocycles.